The predicted octanol–water partition coefficient (Wildman–Crippen LogP) is 4.15. The minimum Gasteiger partial charge on any atom is -0.278 e. The first kappa shape index (κ1) is 13.6. The number of hydrogen-bond donors (Lipinski definition) is 0. The van der Waals surface area contributed by atoms with Gasteiger partial charge in [0.1, 0.15) is 0 Å². The van der Waals surface area contributed by atoms with Crippen LogP contribution in [0.4, 0.5) is 0 Å². The number of fused-ring (bicyclic) bond motifs is 5. The van der Waals surface area contributed by atoms with Gasteiger partial charge in [-0.25, -0.2) is 4.68 Å². The van der Waals surface area contributed by atoms with Gasteiger partial charge in [0.2, 0.25) is 0 Å². The van der Waals surface area contributed by atoms with Crippen LogP contribution < -0.4 is 5.56 Å². The molecule has 2 atom stereocenters. The van der Waals surface area contributed by atoms with Crippen molar-refractivity contribution in [3.8, 4) is 5.69 Å². The van der Waals surface area contributed by atoms with E-state index in [9.17, 15) is 4.79 Å². The minimum absolute atomic E-state index is 0.134. The third-order valence-corrected chi connectivity index (χ3v) is 7.11. The van der Waals surface area contributed by atoms with E-state index >= 15 is 0 Å². The van der Waals surface area contributed by atoms with E-state index < -0.39 is 0 Å². The first-order valence-corrected chi connectivity index (χ1v) is 8.90. The molecule has 2 fully saturated rings. The van der Waals surface area contributed by atoms with E-state index in [1.54, 1.807) is 0 Å². The molecule has 2 saturated carbocycles. The van der Waals surface area contributed by atoms with Crippen LogP contribution in [0.3, 0.4) is 0 Å². The molecule has 0 radical (unpaired) electrons. The fourth-order valence-electron chi connectivity index (χ4n) is 5.31. The summed E-state index contributed by atoms with van der Waals surface area (Å²) < 4.78 is 4.36. The zero-order chi connectivity index (χ0) is 16.0. The topological polar surface area (TPSA) is 26.9 Å². The van der Waals surface area contributed by atoms with Crippen LogP contribution in [0.5, 0.6) is 0 Å². The fourth-order valence-corrected chi connectivity index (χ4v) is 5.31. The Morgan fingerprint density at radius 1 is 1.04 bits per heavy atom. The van der Waals surface area contributed by atoms with Crippen molar-refractivity contribution in [2.75, 3.05) is 0 Å². The van der Waals surface area contributed by atoms with Crippen LogP contribution in [0.15, 0.2) is 35.1 Å². The summed E-state index contributed by atoms with van der Waals surface area (Å²) in [5.74, 6) is 0.421. The van der Waals surface area contributed by atoms with E-state index in [0.717, 1.165) is 17.7 Å². The highest BCUT2D eigenvalue weighted by Gasteiger charge is 2.63. The summed E-state index contributed by atoms with van der Waals surface area (Å²) in [5, 5.41) is 0. The molecule has 1 aromatic carbocycles. The molecular formula is C20H24N2O. The largest absolute Gasteiger partial charge is 0.278 e. The second-order valence-electron chi connectivity index (χ2n) is 8.44. The van der Waals surface area contributed by atoms with Gasteiger partial charge in [0.25, 0.3) is 5.56 Å². The Bertz CT molecular complexity index is 854. The van der Waals surface area contributed by atoms with E-state index in [-0.39, 0.29) is 16.4 Å². The number of para-hydroxylation sites is 1. The Balaban J connectivity index is 1.86. The van der Waals surface area contributed by atoms with E-state index in [1.165, 1.54) is 25.0 Å². The van der Waals surface area contributed by atoms with Gasteiger partial charge in [-0.1, -0.05) is 39.0 Å². The molecule has 5 rings (SSSR count). The van der Waals surface area contributed by atoms with Crippen LogP contribution in [0.2, 0.25) is 0 Å². The van der Waals surface area contributed by atoms with Crippen molar-refractivity contribution in [1.29, 1.82) is 0 Å². The van der Waals surface area contributed by atoms with Crippen molar-refractivity contribution in [2.24, 2.45) is 5.41 Å². The van der Waals surface area contributed by atoms with Crippen LogP contribution in [0.1, 0.15) is 69.7 Å². The van der Waals surface area contributed by atoms with Gasteiger partial charge >= 0.3 is 0 Å². The summed E-state index contributed by atoms with van der Waals surface area (Å²) in [6.07, 6.45) is 4.78. The summed E-state index contributed by atoms with van der Waals surface area (Å²) in [6.45, 7) is 7.13. The van der Waals surface area contributed by atoms with Crippen molar-refractivity contribution in [3.63, 3.8) is 0 Å². The first-order chi connectivity index (χ1) is 11.0. The Hall–Kier alpha value is -1.77. The molecule has 0 saturated heterocycles. The zero-order valence-corrected chi connectivity index (χ0v) is 14.2. The number of rotatable bonds is 2. The molecule has 3 aliphatic carbocycles. The molecule has 23 heavy (non-hydrogen) atoms. The summed E-state index contributed by atoms with van der Waals surface area (Å²) in [5.41, 5.74) is 4.06. The first-order valence-electron chi connectivity index (χ1n) is 8.90. The molecule has 0 N–H and O–H groups in total. The quantitative estimate of drug-likeness (QED) is 0.819. The molecule has 120 valence electrons. The van der Waals surface area contributed by atoms with E-state index in [0.29, 0.717) is 12.0 Å². The van der Waals surface area contributed by atoms with Gasteiger partial charge in [-0.2, -0.15) is 0 Å². The second-order valence-corrected chi connectivity index (χ2v) is 8.44. The monoisotopic (exact) mass is 308 g/mol. The molecular weight excluding hydrogens is 284 g/mol. The normalized spacial score (nSPS) is 30.7. The van der Waals surface area contributed by atoms with Crippen molar-refractivity contribution in [1.82, 2.24) is 9.36 Å². The van der Waals surface area contributed by atoms with E-state index in [4.69, 9.17) is 0 Å². The lowest BCUT2D eigenvalue weighted by molar-refractivity contribution is 0.215. The highest BCUT2D eigenvalue weighted by molar-refractivity contribution is 5.48. The summed E-state index contributed by atoms with van der Waals surface area (Å²) in [6, 6.07) is 10.7. The van der Waals surface area contributed by atoms with Gasteiger partial charge in [0.15, 0.2) is 0 Å². The molecule has 3 nitrogen and oxygen atoms in total. The zero-order valence-electron chi connectivity index (χ0n) is 14.2. The van der Waals surface area contributed by atoms with Gasteiger partial charge < -0.3 is 0 Å². The third-order valence-electron chi connectivity index (χ3n) is 7.11. The van der Waals surface area contributed by atoms with Crippen LogP contribution >= 0.6 is 0 Å². The molecule has 0 unspecified atom stereocenters. The van der Waals surface area contributed by atoms with Crippen LogP contribution in [0.25, 0.3) is 5.69 Å². The van der Waals surface area contributed by atoms with Gasteiger partial charge in [-0.05, 0) is 49.1 Å². The maximum Gasteiger partial charge on any atom is 0.275 e. The van der Waals surface area contributed by atoms with Gasteiger partial charge in [0.05, 0.1) is 17.4 Å². The number of nitrogens with zero attached hydrogens (tertiary/aromatic N) is 2. The Kier molecular flexibility index (Phi) is 2.38. The molecule has 2 aromatic rings. The molecule has 0 aliphatic heterocycles. The summed E-state index contributed by atoms with van der Waals surface area (Å²) in [7, 11) is 0. The average molecular weight is 308 g/mol. The van der Waals surface area contributed by atoms with E-state index in [1.807, 2.05) is 22.9 Å². The molecule has 0 spiro atoms. The lowest BCUT2D eigenvalue weighted by Crippen LogP contribution is -2.35. The van der Waals surface area contributed by atoms with Crippen molar-refractivity contribution in [2.45, 2.75) is 63.8 Å². The Morgan fingerprint density at radius 2 is 1.74 bits per heavy atom. The van der Waals surface area contributed by atoms with Crippen molar-refractivity contribution >= 4 is 0 Å². The lowest BCUT2D eigenvalue weighted by atomic mass is 9.70. The van der Waals surface area contributed by atoms with Gasteiger partial charge in [-0.15, -0.1) is 0 Å². The van der Waals surface area contributed by atoms with Gasteiger partial charge in [-0.3, -0.25) is 9.48 Å². The summed E-state index contributed by atoms with van der Waals surface area (Å²) in [4.78, 5) is 13.4. The smallest absolute Gasteiger partial charge is 0.275 e. The van der Waals surface area contributed by atoms with Crippen LogP contribution in [-0.4, -0.2) is 9.36 Å². The van der Waals surface area contributed by atoms with E-state index in [2.05, 4.69) is 37.6 Å². The van der Waals surface area contributed by atoms with Crippen LogP contribution in [-0.2, 0) is 5.41 Å². The SMILES string of the molecule is CC1(C)[C@@H]2CC[C@@]1(C)c1c2c(=O)n(-c2ccccc2)n1C1CC1. The van der Waals surface area contributed by atoms with Crippen molar-refractivity contribution < 1.29 is 0 Å². The standard InChI is InChI=1S/C20H24N2O/c1-19(2)15-11-12-20(19,3)17-16(15)18(23)22(21(17)14-9-10-14)13-7-5-4-6-8-13/h4-8,14-15H,9-12H2,1-3H3/t15-,20+/m1/s1. The number of aromatic nitrogens is 2. The minimum atomic E-state index is 0.134. The molecule has 3 aliphatic rings. The highest BCUT2D eigenvalue weighted by Crippen LogP contribution is 2.67. The lowest BCUT2D eigenvalue weighted by Gasteiger charge is -2.36. The van der Waals surface area contributed by atoms with Crippen LogP contribution in [0, 0.1) is 5.41 Å². The molecule has 0 amide bonds. The number of benzene rings is 1. The fraction of sp³-hybridized carbons (Fsp3) is 0.550. The molecule has 2 bridgehead atoms. The maximum absolute atomic E-state index is 13.4. The molecule has 1 aromatic heterocycles. The van der Waals surface area contributed by atoms with Crippen molar-refractivity contribution in [3.05, 3.63) is 51.9 Å². The maximum atomic E-state index is 13.4. The van der Waals surface area contributed by atoms with Gasteiger partial charge in [0, 0.05) is 11.0 Å². The molecule has 3 heteroatoms. The average Bonchev–Trinajstić information content (AvgIpc) is 3.26. The Morgan fingerprint density at radius 3 is 2.39 bits per heavy atom. The highest BCUT2D eigenvalue weighted by atomic mass is 16.1. The second kappa shape index (κ2) is 4.00. The Labute approximate surface area is 136 Å². The summed E-state index contributed by atoms with van der Waals surface area (Å²) >= 11 is 0. The molecule has 1 heterocycles. The third kappa shape index (κ3) is 1.44. The predicted molar refractivity (Wildman–Crippen MR) is 91.4 cm³/mol. The number of hydrogen-bond acceptors (Lipinski definition) is 1.